The average Bonchev–Trinajstić information content (AvgIpc) is 2.19. The lowest BCUT2D eigenvalue weighted by atomic mass is 10.2. The van der Waals surface area contributed by atoms with Crippen LogP contribution in [0.15, 0.2) is 36.9 Å². The van der Waals surface area contributed by atoms with E-state index in [-0.39, 0.29) is 6.61 Å². The lowest BCUT2D eigenvalue weighted by Crippen LogP contribution is -1.98. The standard InChI is InChI=1S/C11H14O2/c1-2-3-8-13-11-7-5-4-6-10(11)9-12/h2,4-7,12H,1,3,8-9H2. The van der Waals surface area contributed by atoms with Crippen molar-refractivity contribution in [3.63, 3.8) is 0 Å². The molecule has 2 heteroatoms. The van der Waals surface area contributed by atoms with E-state index in [0.717, 1.165) is 17.7 Å². The summed E-state index contributed by atoms with van der Waals surface area (Å²) in [6.45, 7) is 4.23. The molecule has 1 aromatic rings. The summed E-state index contributed by atoms with van der Waals surface area (Å²) in [5.74, 6) is 0.756. The smallest absolute Gasteiger partial charge is 0.124 e. The Kier molecular flexibility index (Phi) is 4.06. The van der Waals surface area contributed by atoms with Gasteiger partial charge in [-0.15, -0.1) is 6.58 Å². The van der Waals surface area contributed by atoms with Crippen LogP contribution in [0.25, 0.3) is 0 Å². The van der Waals surface area contributed by atoms with Crippen molar-refractivity contribution in [2.75, 3.05) is 6.61 Å². The van der Waals surface area contributed by atoms with E-state index in [1.807, 2.05) is 30.3 Å². The number of aliphatic hydroxyl groups is 1. The van der Waals surface area contributed by atoms with Gasteiger partial charge in [0.25, 0.3) is 0 Å². The van der Waals surface area contributed by atoms with E-state index in [0.29, 0.717) is 6.61 Å². The summed E-state index contributed by atoms with van der Waals surface area (Å²) in [6.07, 6.45) is 2.63. The molecule has 0 aliphatic heterocycles. The average molecular weight is 178 g/mol. The molecule has 1 N–H and O–H groups in total. The number of para-hydroxylation sites is 1. The van der Waals surface area contributed by atoms with Crippen LogP contribution in [0.3, 0.4) is 0 Å². The van der Waals surface area contributed by atoms with Crippen molar-refractivity contribution in [2.24, 2.45) is 0 Å². The molecule has 0 atom stereocenters. The van der Waals surface area contributed by atoms with Gasteiger partial charge in [-0.05, 0) is 12.5 Å². The zero-order valence-corrected chi connectivity index (χ0v) is 7.57. The quantitative estimate of drug-likeness (QED) is 0.553. The first-order chi connectivity index (χ1) is 6.38. The summed E-state index contributed by atoms with van der Waals surface area (Å²) in [6, 6.07) is 7.48. The molecule has 0 bridgehead atoms. The van der Waals surface area contributed by atoms with Gasteiger partial charge in [-0.3, -0.25) is 0 Å². The summed E-state index contributed by atoms with van der Waals surface area (Å²) in [4.78, 5) is 0. The normalized spacial score (nSPS) is 9.62. The lowest BCUT2D eigenvalue weighted by Gasteiger charge is -2.08. The minimum atomic E-state index is 0.0181. The fraction of sp³-hybridized carbons (Fsp3) is 0.273. The first kappa shape index (κ1) is 9.81. The van der Waals surface area contributed by atoms with E-state index in [4.69, 9.17) is 9.84 Å². The Hall–Kier alpha value is -1.28. The molecule has 0 heterocycles. The first-order valence-electron chi connectivity index (χ1n) is 4.31. The molecular formula is C11H14O2. The second-order valence-corrected chi connectivity index (χ2v) is 2.69. The third-order valence-corrected chi connectivity index (χ3v) is 1.72. The van der Waals surface area contributed by atoms with Gasteiger partial charge in [-0.1, -0.05) is 24.3 Å². The molecule has 0 aromatic heterocycles. The molecule has 1 rings (SSSR count). The van der Waals surface area contributed by atoms with Crippen molar-refractivity contribution in [1.82, 2.24) is 0 Å². The predicted molar refractivity (Wildman–Crippen MR) is 52.7 cm³/mol. The van der Waals surface area contributed by atoms with Crippen LogP contribution in [0.2, 0.25) is 0 Å². The molecule has 13 heavy (non-hydrogen) atoms. The minimum absolute atomic E-state index is 0.0181. The maximum absolute atomic E-state index is 8.97. The van der Waals surface area contributed by atoms with Crippen LogP contribution in [-0.4, -0.2) is 11.7 Å². The molecule has 0 aliphatic carbocycles. The number of benzene rings is 1. The fourth-order valence-corrected chi connectivity index (χ4v) is 1.03. The second-order valence-electron chi connectivity index (χ2n) is 2.69. The van der Waals surface area contributed by atoms with Crippen LogP contribution < -0.4 is 4.74 Å². The largest absolute Gasteiger partial charge is 0.493 e. The molecule has 0 amide bonds. The van der Waals surface area contributed by atoms with Gasteiger partial charge < -0.3 is 9.84 Å². The van der Waals surface area contributed by atoms with Crippen LogP contribution in [0.5, 0.6) is 5.75 Å². The molecule has 0 radical (unpaired) electrons. The Morgan fingerprint density at radius 1 is 1.38 bits per heavy atom. The first-order valence-corrected chi connectivity index (χ1v) is 4.31. The van der Waals surface area contributed by atoms with Crippen molar-refractivity contribution < 1.29 is 9.84 Å². The Balaban J connectivity index is 2.58. The Bertz CT molecular complexity index is 269. The highest BCUT2D eigenvalue weighted by Crippen LogP contribution is 2.17. The molecular weight excluding hydrogens is 164 g/mol. The molecule has 0 saturated carbocycles. The third-order valence-electron chi connectivity index (χ3n) is 1.72. The second kappa shape index (κ2) is 5.38. The zero-order valence-electron chi connectivity index (χ0n) is 7.57. The molecule has 0 fully saturated rings. The number of aliphatic hydroxyl groups excluding tert-OH is 1. The summed E-state index contributed by atoms with van der Waals surface area (Å²) >= 11 is 0. The predicted octanol–water partition coefficient (Wildman–Crippen LogP) is 2.13. The van der Waals surface area contributed by atoms with Gasteiger partial charge >= 0.3 is 0 Å². The maximum atomic E-state index is 8.97. The molecule has 1 aromatic carbocycles. The molecule has 0 aliphatic rings. The van der Waals surface area contributed by atoms with Crippen molar-refractivity contribution in [2.45, 2.75) is 13.0 Å². The van der Waals surface area contributed by atoms with Crippen LogP contribution in [0, 0.1) is 0 Å². The van der Waals surface area contributed by atoms with Crippen molar-refractivity contribution in [1.29, 1.82) is 0 Å². The number of rotatable bonds is 5. The number of ether oxygens (including phenoxy) is 1. The van der Waals surface area contributed by atoms with Gasteiger partial charge in [0, 0.05) is 5.56 Å². The molecule has 0 spiro atoms. The van der Waals surface area contributed by atoms with Gasteiger partial charge in [0.05, 0.1) is 13.2 Å². The topological polar surface area (TPSA) is 29.5 Å². The molecule has 70 valence electrons. The van der Waals surface area contributed by atoms with E-state index in [9.17, 15) is 0 Å². The highest BCUT2D eigenvalue weighted by atomic mass is 16.5. The van der Waals surface area contributed by atoms with Crippen LogP contribution >= 0.6 is 0 Å². The summed E-state index contributed by atoms with van der Waals surface area (Å²) < 4.78 is 5.44. The lowest BCUT2D eigenvalue weighted by molar-refractivity contribution is 0.264. The minimum Gasteiger partial charge on any atom is -0.493 e. The van der Waals surface area contributed by atoms with Gasteiger partial charge in [0.15, 0.2) is 0 Å². The number of hydrogen-bond donors (Lipinski definition) is 1. The maximum Gasteiger partial charge on any atom is 0.124 e. The van der Waals surface area contributed by atoms with E-state index in [1.54, 1.807) is 0 Å². The van der Waals surface area contributed by atoms with Crippen molar-refractivity contribution >= 4 is 0 Å². The van der Waals surface area contributed by atoms with E-state index >= 15 is 0 Å². The Morgan fingerprint density at radius 3 is 2.85 bits per heavy atom. The Morgan fingerprint density at radius 2 is 2.15 bits per heavy atom. The highest BCUT2D eigenvalue weighted by Gasteiger charge is 1.99. The fourth-order valence-electron chi connectivity index (χ4n) is 1.03. The molecule has 2 nitrogen and oxygen atoms in total. The van der Waals surface area contributed by atoms with E-state index in [2.05, 4.69) is 6.58 Å². The monoisotopic (exact) mass is 178 g/mol. The van der Waals surface area contributed by atoms with Crippen molar-refractivity contribution in [3.05, 3.63) is 42.5 Å². The Labute approximate surface area is 78.5 Å². The van der Waals surface area contributed by atoms with Crippen LogP contribution in [0.4, 0.5) is 0 Å². The van der Waals surface area contributed by atoms with Gasteiger partial charge in [-0.25, -0.2) is 0 Å². The van der Waals surface area contributed by atoms with Crippen LogP contribution in [0.1, 0.15) is 12.0 Å². The van der Waals surface area contributed by atoms with Crippen LogP contribution in [-0.2, 0) is 6.61 Å². The molecule has 0 saturated heterocycles. The highest BCUT2D eigenvalue weighted by molar-refractivity contribution is 5.32. The van der Waals surface area contributed by atoms with Gasteiger partial charge in [0.1, 0.15) is 5.75 Å². The van der Waals surface area contributed by atoms with Crippen molar-refractivity contribution in [3.8, 4) is 5.75 Å². The van der Waals surface area contributed by atoms with Gasteiger partial charge in [0.2, 0.25) is 0 Å². The third kappa shape index (κ3) is 2.92. The van der Waals surface area contributed by atoms with E-state index < -0.39 is 0 Å². The summed E-state index contributed by atoms with van der Waals surface area (Å²) in [7, 11) is 0. The van der Waals surface area contributed by atoms with Gasteiger partial charge in [-0.2, -0.15) is 0 Å². The number of hydrogen-bond acceptors (Lipinski definition) is 2. The summed E-state index contributed by atoms with van der Waals surface area (Å²) in [5.41, 5.74) is 0.826. The summed E-state index contributed by atoms with van der Waals surface area (Å²) in [5, 5.41) is 8.97. The van der Waals surface area contributed by atoms with E-state index in [1.165, 1.54) is 0 Å². The molecule has 0 unspecified atom stereocenters. The zero-order chi connectivity index (χ0) is 9.52. The SMILES string of the molecule is C=CCCOc1ccccc1CO.